The lowest BCUT2D eigenvalue weighted by molar-refractivity contribution is 0.0724. The number of rotatable bonds is 5. The van der Waals surface area contributed by atoms with Crippen LogP contribution < -0.4 is 5.56 Å². The van der Waals surface area contributed by atoms with Crippen LogP contribution in [0, 0.1) is 0 Å². The molecule has 1 aromatic rings. The van der Waals surface area contributed by atoms with E-state index in [1.165, 1.54) is 4.90 Å². The fraction of sp³-hybridized carbons (Fsp3) is 0.600. The summed E-state index contributed by atoms with van der Waals surface area (Å²) >= 11 is 6.60. The molecule has 1 aromatic heterocycles. The maximum absolute atomic E-state index is 12.2. The van der Waals surface area contributed by atoms with Crippen molar-refractivity contribution in [1.82, 2.24) is 9.27 Å². The first kappa shape index (κ1) is 16.2. The highest BCUT2D eigenvalue weighted by molar-refractivity contribution is 7.90. The average Bonchev–Trinajstić information content (AvgIpc) is 2.58. The van der Waals surface area contributed by atoms with Gasteiger partial charge in [0.15, 0.2) is 0 Å². The highest BCUT2D eigenvalue weighted by Gasteiger charge is 2.26. The van der Waals surface area contributed by atoms with Crippen LogP contribution in [-0.2, 0) is 9.84 Å². The minimum absolute atomic E-state index is 0.105. The third-order valence-corrected chi connectivity index (χ3v) is 4.95. The van der Waals surface area contributed by atoms with Crippen LogP contribution in [0.1, 0.15) is 23.5 Å². The summed E-state index contributed by atoms with van der Waals surface area (Å²) in [5.74, 6) is -0.573. The number of sulfone groups is 1. The van der Waals surface area contributed by atoms with Gasteiger partial charge in [0.2, 0.25) is 0 Å². The van der Waals surface area contributed by atoms with Crippen LogP contribution in [0.4, 0.5) is 0 Å². The van der Waals surface area contributed by atoms with Crippen molar-refractivity contribution in [2.75, 3.05) is 18.6 Å². The molecule has 0 saturated carbocycles. The van der Waals surface area contributed by atoms with Crippen LogP contribution in [0.5, 0.6) is 0 Å². The zero-order valence-corrected chi connectivity index (χ0v) is 13.2. The number of nitrogens with one attached hydrogen (secondary N) is 1. The van der Waals surface area contributed by atoms with E-state index < -0.39 is 27.3 Å². The summed E-state index contributed by atoms with van der Waals surface area (Å²) in [5, 5.41) is -0.153. The summed E-state index contributed by atoms with van der Waals surface area (Å²) in [6.07, 6.45) is 1.11. The van der Waals surface area contributed by atoms with E-state index in [9.17, 15) is 18.0 Å². The molecule has 0 bridgehead atoms. The van der Waals surface area contributed by atoms with Gasteiger partial charge in [0.1, 0.15) is 19.7 Å². The Morgan fingerprint density at radius 1 is 1.53 bits per heavy atom. The van der Waals surface area contributed by atoms with E-state index >= 15 is 0 Å². The Bertz CT molecular complexity index is 620. The smallest absolute Gasteiger partial charge is 0.277 e. The maximum atomic E-state index is 12.2. The molecule has 19 heavy (non-hydrogen) atoms. The zero-order valence-electron chi connectivity index (χ0n) is 10.8. The van der Waals surface area contributed by atoms with E-state index in [-0.39, 0.29) is 15.7 Å². The number of nitrogens with zero attached hydrogens (tertiary/aromatic N) is 1. The molecule has 1 amide bonds. The summed E-state index contributed by atoms with van der Waals surface area (Å²) in [6, 6.07) is -0.485. The molecule has 0 aromatic carbocycles. The van der Waals surface area contributed by atoms with Crippen molar-refractivity contribution in [3.8, 4) is 0 Å². The predicted molar refractivity (Wildman–Crippen MR) is 75.8 cm³/mol. The number of carbonyl (C=O) groups excluding carboxylic acids is 1. The number of H-pyrrole nitrogens is 1. The summed E-state index contributed by atoms with van der Waals surface area (Å²) < 4.78 is 24.9. The van der Waals surface area contributed by atoms with Crippen LogP contribution in [0.2, 0.25) is 5.02 Å². The molecule has 0 saturated heterocycles. The summed E-state index contributed by atoms with van der Waals surface area (Å²) in [6.45, 7) is 3.71. The van der Waals surface area contributed by atoms with Gasteiger partial charge >= 0.3 is 0 Å². The van der Waals surface area contributed by atoms with Gasteiger partial charge in [0.25, 0.3) is 11.5 Å². The molecule has 108 valence electrons. The summed E-state index contributed by atoms with van der Waals surface area (Å²) in [5.41, 5.74) is -0.512. The molecule has 1 unspecified atom stereocenters. The molecule has 6 nitrogen and oxygen atoms in total. The normalized spacial score (nSPS) is 13.3. The third kappa shape index (κ3) is 4.05. The van der Waals surface area contributed by atoms with Crippen LogP contribution in [0.3, 0.4) is 0 Å². The molecular weight excluding hydrogens is 312 g/mol. The van der Waals surface area contributed by atoms with Gasteiger partial charge in [-0.05, 0) is 13.8 Å². The SMILES string of the molecule is CCN(C(=O)c1s[nH]c(=O)c1Cl)C(C)CS(C)(=O)=O. The van der Waals surface area contributed by atoms with Gasteiger partial charge in [0, 0.05) is 18.8 Å². The van der Waals surface area contributed by atoms with E-state index in [0.29, 0.717) is 6.54 Å². The number of aromatic amines is 1. The van der Waals surface area contributed by atoms with E-state index in [4.69, 9.17) is 11.6 Å². The summed E-state index contributed by atoms with van der Waals surface area (Å²) in [4.78, 5) is 24.9. The minimum Gasteiger partial charge on any atom is -0.334 e. The maximum Gasteiger partial charge on any atom is 0.277 e. The molecule has 1 heterocycles. The first-order valence-electron chi connectivity index (χ1n) is 5.53. The fourth-order valence-electron chi connectivity index (χ4n) is 1.74. The topological polar surface area (TPSA) is 87.3 Å². The lowest BCUT2D eigenvalue weighted by Crippen LogP contribution is -2.42. The van der Waals surface area contributed by atoms with Gasteiger partial charge in [-0.15, -0.1) is 0 Å². The Labute approximate surface area is 120 Å². The van der Waals surface area contributed by atoms with E-state index in [1.807, 2.05) is 0 Å². The predicted octanol–water partition coefficient (Wildman–Crippen LogP) is 0.985. The minimum atomic E-state index is -3.19. The van der Waals surface area contributed by atoms with Crippen LogP contribution >= 0.6 is 23.1 Å². The quantitative estimate of drug-likeness (QED) is 0.874. The van der Waals surface area contributed by atoms with Gasteiger partial charge < -0.3 is 4.90 Å². The lowest BCUT2D eigenvalue weighted by Gasteiger charge is -2.27. The van der Waals surface area contributed by atoms with E-state index in [2.05, 4.69) is 4.37 Å². The molecule has 0 aliphatic rings. The van der Waals surface area contributed by atoms with E-state index in [0.717, 1.165) is 17.8 Å². The number of hydrogen-bond donors (Lipinski definition) is 1. The number of carbonyl (C=O) groups is 1. The number of hydrogen-bond acceptors (Lipinski definition) is 5. The molecule has 9 heteroatoms. The molecule has 0 aliphatic heterocycles. The molecule has 0 spiro atoms. The monoisotopic (exact) mass is 326 g/mol. The standard InChI is InChI=1S/C10H15ClN2O4S2/c1-4-13(6(2)5-19(3,16)17)10(15)8-7(11)9(14)12-18-8/h6H,4-5H2,1-3H3,(H,12,14). The molecule has 0 radical (unpaired) electrons. The van der Waals surface area contributed by atoms with Gasteiger partial charge in [-0.3, -0.25) is 14.0 Å². The van der Waals surface area contributed by atoms with Gasteiger partial charge in [0.05, 0.1) is 5.75 Å². The molecule has 1 rings (SSSR count). The Morgan fingerprint density at radius 2 is 2.11 bits per heavy atom. The highest BCUT2D eigenvalue weighted by atomic mass is 35.5. The van der Waals surface area contributed by atoms with Crippen LogP contribution in [0.25, 0.3) is 0 Å². The number of aromatic nitrogens is 1. The fourth-order valence-corrected chi connectivity index (χ4v) is 3.78. The van der Waals surface area contributed by atoms with Gasteiger partial charge in [-0.1, -0.05) is 23.1 Å². The van der Waals surface area contributed by atoms with Crippen molar-refractivity contribution in [1.29, 1.82) is 0 Å². The Morgan fingerprint density at radius 3 is 2.47 bits per heavy atom. The zero-order chi connectivity index (χ0) is 14.8. The van der Waals surface area contributed by atoms with Gasteiger partial charge in [-0.2, -0.15) is 0 Å². The molecule has 1 atom stereocenters. The van der Waals surface area contributed by atoms with Crippen molar-refractivity contribution < 1.29 is 13.2 Å². The van der Waals surface area contributed by atoms with Crippen LogP contribution in [-0.4, -0.2) is 48.2 Å². The molecular formula is C10H15ClN2O4S2. The average molecular weight is 327 g/mol. The Hall–Kier alpha value is -0.860. The lowest BCUT2D eigenvalue weighted by atomic mass is 10.3. The van der Waals surface area contributed by atoms with Crippen molar-refractivity contribution in [3.05, 3.63) is 20.3 Å². The number of amides is 1. The molecule has 0 fully saturated rings. The second-order valence-corrected chi connectivity index (χ2v) is 7.59. The number of halogens is 1. The Kier molecular flexibility index (Phi) is 5.17. The van der Waals surface area contributed by atoms with Crippen molar-refractivity contribution in [2.45, 2.75) is 19.9 Å². The van der Waals surface area contributed by atoms with Crippen molar-refractivity contribution in [3.63, 3.8) is 0 Å². The Balaban J connectivity index is 3.01. The first-order valence-corrected chi connectivity index (χ1v) is 8.78. The van der Waals surface area contributed by atoms with Crippen molar-refractivity contribution in [2.24, 2.45) is 0 Å². The second-order valence-electron chi connectivity index (χ2n) is 4.21. The highest BCUT2D eigenvalue weighted by Crippen LogP contribution is 2.19. The second kappa shape index (κ2) is 6.06. The third-order valence-electron chi connectivity index (χ3n) is 2.52. The largest absolute Gasteiger partial charge is 0.334 e. The summed E-state index contributed by atoms with van der Waals surface area (Å²) in [7, 11) is -3.19. The van der Waals surface area contributed by atoms with Crippen LogP contribution in [0.15, 0.2) is 4.79 Å². The molecule has 0 aliphatic carbocycles. The van der Waals surface area contributed by atoms with Crippen molar-refractivity contribution >= 4 is 38.9 Å². The molecule has 1 N–H and O–H groups in total. The van der Waals surface area contributed by atoms with E-state index in [1.54, 1.807) is 13.8 Å². The van der Waals surface area contributed by atoms with Gasteiger partial charge in [-0.25, -0.2) is 8.42 Å². The first-order chi connectivity index (χ1) is 8.67.